The van der Waals surface area contributed by atoms with Gasteiger partial charge in [-0.1, -0.05) is 38.1 Å². The maximum absolute atomic E-state index is 13.3. The van der Waals surface area contributed by atoms with E-state index in [1.54, 1.807) is 18.4 Å². The van der Waals surface area contributed by atoms with Crippen LogP contribution in [0.15, 0.2) is 41.8 Å². The highest BCUT2D eigenvalue weighted by molar-refractivity contribution is 7.10. The van der Waals surface area contributed by atoms with Gasteiger partial charge < -0.3 is 15.0 Å². The summed E-state index contributed by atoms with van der Waals surface area (Å²) in [6.45, 7) is 5.97. The number of nitrogens with one attached hydrogen (secondary N) is 1. The number of benzene rings is 1. The van der Waals surface area contributed by atoms with E-state index in [4.69, 9.17) is 4.74 Å². The van der Waals surface area contributed by atoms with E-state index >= 15 is 0 Å². The number of hydrogen-bond donors (Lipinski definition) is 1. The van der Waals surface area contributed by atoms with Gasteiger partial charge >= 0.3 is 0 Å². The molecule has 0 unspecified atom stereocenters. The fraction of sp³-hybridized carbons (Fsp3) is 0.455. The van der Waals surface area contributed by atoms with Gasteiger partial charge in [-0.25, -0.2) is 0 Å². The highest BCUT2D eigenvalue weighted by Gasteiger charge is 2.44. The SMILES string of the molecule is COCCCNC(=O)[C@H]1c2ccccc2C(=O)N(CC(C)C)[C@H]1c1cccs1. The van der Waals surface area contributed by atoms with Crippen molar-refractivity contribution < 1.29 is 14.3 Å². The van der Waals surface area contributed by atoms with E-state index in [0.717, 1.165) is 16.9 Å². The van der Waals surface area contributed by atoms with E-state index < -0.39 is 5.92 Å². The van der Waals surface area contributed by atoms with Gasteiger partial charge in [0.05, 0.1) is 12.0 Å². The average molecular weight is 401 g/mol. The number of thiophene rings is 1. The zero-order valence-electron chi connectivity index (χ0n) is 16.7. The fourth-order valence-electron chi connectivity index (χ4n) is 3.78. The first kappa shape index (κ1) is 20.6. The molecule has 0 radical (unpaired) electrons. The van der Waals surface area contributed by atoms with Crippen molar-refractivity contribution >= 4 is 23.2 Å². The number of nitrogens with zero attached hydrogens (tertiary/aromatic N) is 1. The number of carbonyl (C=O) groups excluding carboxylic acids is 2. The molecule has 28 heavy (non-hydrogen) atoms. The lowest BCUT2D eigenvalue weighted by atomic mass is 9.81. The van der Waals surface area contributed by atoms with Crippen LogP contribution in [-0.2, 0) is 9.53 Å². The van der Waals surface area contributed by atoms with E-state index in [1.165, 1.54) is 0 Å². The first-order chi connectivity index (χ1) is 13.5. The van der Waals surface area contributed by atoms with Gasteiger partial charge in [-0.2, -0.15) is 0 Å². The molecule has 1 aliphatic rings. The zero-order chi connectivity index (χ0) is 20.1. The molecule has 5 nitrogen and oxygen atoms in total. The first-order valence-corrected chi connectivity index (χ1v) is 10.6. The van der Waals surface area contributed by atoms with Crippen LogP contribution < -0.4 is 5.32 Å². The quantitative estimate of drug-likeness (QED) is 0.685. The minimum Gasteiger partial charge on any atom is -0.385 e. The third-order valence-corrected chi connectivity index (χ3v) is 5.89. The summed E-state index contributed by atoms with van der Waals surface area (Å²) in [7, 11) is 1.65. The second-order valence-electron chi connectivity index (χ2n) is 7.51. The van der Waals surface area contributed by atoms with Gasteiger partial charge in [-0.3, -0.25) is 9.59 Å². The molecule has 1 aromatic carbocycles. The molecule has 3 rings (SSSR count). The summed E-state index contributed by atoms with van der Waals surface area (Å²) in [4.78, 5) is 29.5. The van der Waals surface area contributed by atoms with Crippen LogP contribution in [0, 0.1) is 5.92 Å². The molecule has 2 atom stereocenters. The van der Waals surface area contributed by atoms with Gasteiger partial charge in [0.15, 0.2) is 0 Å². The third kappa shape index (κ3) is 4.28. The van der Waals surface area contributed by atoms with Crippen LogP contribution in [-0.4, -0.2) is 43.5 Å². The van der Waals surface area contributed by atoms with Crippen LogP contribution in [0.2, 0.25) is 0 Å². The summed E-state index contributed by atoms with van der Waals surface area (Å²) in [6.07, 6.45) is 0.759. The molecular formula is C22H28N2O3S. The molecule has 150 valence electrons. The Morgan fingerprint density at radius 3 is 2.71 bits per heavy atom. The van der Waals surface area contributed by atoms with E-state index in [0.29, 0.717) is 31.2 Å². The highest BCUT2D eigenvalue weighted by Crippen LogP contribution is 2.44. The number of rotatable bonds is 8. The minimum absolute atomic E-state index is 0.00568. The lowest BCUT2D eigenvalue weighted by Crippen LogP contribution is -2.48. The van der Waals surface area contributed by atoms with Crippen molar-refractivity contribution in [1.29, 1.82) is 0 Å². The second kappa shape index (κ2) is 9.34. The van der Waals surface area contributed by atoms with E-state index in [9.17, 15) is 9.59 Å². The molecule has 2 heterocycles. The topological polar surface area (TPSA) is 58.6 Å². The second-order valence-corrected chi connectivity index (χ2v) is 8.49. The standard InChI is InChI=1S/C22H28N2O3S/c1-15(2)14-24-20(18-10-6-13-28-18)19(21(25)23-11-7-12-27-3)16-8-4-5-9-17(16)22(24)26/h4-6,8-10,13,15,19-20H,7,11-12,14H2,1-3H3,(H,23,25)/t19-,20-/m0/s1. The van der Waals surface area contributed by atoms with Crippen molar-refractivity contribution in [2.24, 2.45) is 5.92 Å². The van der Waals surface area contributed by atoms with Gasteiger partial charge in [0.2, 0.25) is 5.91 Å². The molecule has 0 fully saturated rings. The Kier molecular flexibility index (Phi) is 6.86. The number of fused-ring (bicyclic) bond motifs is 1. The molecular weight excluding hydrogens is 372 g/mol. The first-order valence-electron chi connectivity index (χ1n) is 9.74. The van der Waals surface area contributed by atoms with Crippen LogP contribution >= 0.6 is 11.3 Å². The summed E-state index contributed by atoms with van der Waals surface area (Å²) in [5, 5.41) is 5.06. The average Bonchev–Trinajstić information content (AvgIpc) is 3.21. The largest absolute Gasteiger partial charge is 0.385 e. The Morgan fingerprint density at radius 1 is 1.25 bits per heavy atom. The van der Waals surface area contributed by atoms with Crippen molar-refractivity contribution in [3.8, 4) is 0 Å². The van der Waals surface area contributed by atoms with E-state index in [-0.39, 0.29) is 17.9 Å². The van der Waals surface area contributed by atoms with Crippen molar-refractivity contribution in [2.75, 3.05) is 26.8 Å². The van der Waals surface area contributed by atoms with Crippen LogP contribution in [0.5, 0.6) is 0 Å². The summed E-state index contributed by atoms with van der Waals surface area (Å²) in [5.74, 6) is -0.148. The molecule has 2 amide bonds. The van der Waals surface area contributed by atoms with Crippen molar-refractivity contribution in [3.63, 3.8) is 0 Å². The molecule has 0 bridgehead atoms. The number of ether oxygens (including phenoxy) is 1. The van der Waals surface area contributed by atoms with Gasteiger partial charge in [-0.05, 0) is 35.4 Å². The molecule has 1 aliphatic heterocycles. The Bertz CT molecular complexity index is 804. The highest BCUT2D eigenvalue weighted by atomic mass is 32.1. The third-order valence-electron chi connectivity index (χ3n) is 4.94. The van der Waals surface area contributed by atoms with Crippen molar-refractivity contribution in [1.82, 2.24) is 10.2 Å². The van der Waals surface area contributed by atoms with Crippen LogP contribution in [0.25, 0.3) is 0 Å². The maximum atomic E-state index is 13.3. The van der Waals surface area contributed by atoms with Crippen molar-refractivity contribution in [2.45, 2.75) is 32.2 Å². The Hall–Kier alpha value is -2.18. The molecule has 0 saturated heterocycles. The monoisotopic (exact) mass is 400 g/mol. The molecule has 0 aliphatic carbocycles. The smallest absolute Gasteiger partial charge is 0.254 e. The zero-order valence-corrected chi connectivity index (χ0v) is 17.5. The summed E-state index contributed by atoms with van der Waals surface area (Å²) in [5.41, 5.74) is 1.45. The molecule has 2 aromatic rings. The number of methoxy groups -OCH3 is 1. The van der Waals surface area contributed by atoms with Crippen LogP contribution in [0.1, 0.15) is 53.0 Å². The van der Waals surface area contributed by atoms with E-state index in [1.807, 2.05) is 46.7 Å². The number of hydrogen-bond acceptors (Lipinski definition) is 4. The molecule has 6 heteroatoms. The molecule has 1 aromatic heterocycles. The van der Waals surface area contributed by atoms with Crippen LogP contribution in [0.4, 0.5) is 0 Å². The summed E-state index contributed by atoms with van der Waals surface area (Å²) in [6, 6.07) is 11.2. The lowest BCUT2D eigenvalue weighted by molar-refractivity contribution is -0.124. The number of carbonyl (C=O) groups is 2. The summed E-state index contributed by atoms with van der Waals surface area (Å²) < 4.78 is 5.08. The van der Waals surface area contributed by atoms with Crippen LogP contribution in [0.3, 0.4) is 0 Å². The fourth-order valence-corrected chi connectivity index (χ4v) is 4.66. The van der Waals surface area contributed by atoms with Gasteiger partial charge in [0.25, 0.3) is 5.91 Å². The Balaban J connectivity index is 2.02. The van der Waals surface area contributed by atoms with Gasteiger partial charge in [0, 0.05) is 37.2 Å². The van der Waals surface area contributed by atoms with Gasteiger partial charge in [-0.15, -0.1) is 11.3 Å². The normalized spacial score (nSPS) is 19.0. The Morgan fingerprint density at radius 2 is 2.04 bits per heavy atom. The van der Waals surface area contributed by atoms with E-state index in [2.05, 4.69) is 19.2 Å². The predicted molar refractivity (Wildman–Crippen MR) is 112 cm³/mol. The maximum Gasteiger partial charge on any atom is 0.254 e. The molecule has 0 saturated carbocycles. The minimum atomic E-state index is -0.422. The number of amides is 2. The van der Waals surface area contributed by atoms with Crippen molar-refractivity contribution in [3.05, 3.63) is 57.8 Å². The molecule has 1 N–H and O–H groups in total. The lowest BCUT2D eigenvalue weighted by Gasteiger charge is -2.42. The predicted octanol–water partition coefficient (Wildman–Crippen LogP) is 3.84. The Labute approximate surface area is 170 Å². The molecule has 0 spiro atoms. The van der Waals surface area contributed by atoms with Gasteiger partial charge in [0.1, 0.15) is 0 Å². The summed E-state index contributed by atoms with van der Waals surface area (Å²) >= 11 is 1.60.